The molecule has 0 aliphatic heterocycles. The van der Waals surface area contributed by atoms with Gasteiger partial charge in [0.2, 0.25) is 12.3 Å². The number of hydrogen-bond acceptors (Lipinski definition) is 4. The molecule has 0 aromatic rings. The summed E-state index contributed by atoms with van der Waals surface area (Å²) >= 11 is 1.22. The molecule has 0 spiro atoms. The Hall–Kier alpha value is -1.50. The number of hydrogen-bond donors (Lipinski definition) is 2. The number of carboxylic acid groups (broad SMARTS) is 1. The van der Waals surface area contributed by atoms with Gasteiger partial charge in [-0.3, -0.25) is 9.59 Å². The van der Waals surface area contributed by atoms with Crippen LogP contribution < -0.4 is 5.32 Å². The van der Waals surface area contributed by atoms with E-state index in [1.165, 1.54) is 18.2 Å². The Morgan fingerprint density at radius 2 is 2.29 bits per heavy atom. The van der Waals surface area contributed by atoms with Gasteiger partial charge in [0.15, 0.2) is 0 Å². The Kier molecular flexibility index (Phi) is 7.89. The van der Waals surface area contributed by atoms with Crippen LogP contribution in [0.4, 0.5) is 0 Å². The van der Waals surface area contributed by atoms with E-state index in [2.05, 4.69) is 11.4 Å². The summed E-state index contributed by atoms with van der Waals surface area (Å²) in [7, 11) is 0. The highest BCUT2D eigenvalue weighted by Crippen LogP contribution is 2.21. The third kappa shape index (κ3) is 5.79. The Balaban J connectivity index is 2.45. The van der Waals surface area contributed by atoms with E-state index in [0.717, 1.165) is 25.0 Å². The Labute approximate surface area is 128 Å². The number of nitrogens with zero attached hydrogens (tertiary/aromatic N) is 1. The molecule has 2 N–H and O–H groups in total. The molecule has 0 saturated heterocycles. The van der Waals surface area contributed by atoms with Gasteiger partial charge in [-0.1, -0.05) is 6.08 Å². The van der Waals surface area contributed by atoms with E-state index >= 15 is 0 Å². The fraction of sp³-hybridized carbons (Fsp3) is 0.643. The second-order valence-corrected chi connectivity index (χ2v) is 5.80. The topological polar surface area (TPSA) is 86.7 Å². The molecule has 6 nitrogen and oxygen atoms in total. The highest BCUT2D eigenvalue weighted by molar-refractivity contribution is 8.00. The van der Waals surface area contributed by atoms with Crippen molar-refractivity contribution in [1.29, 1.82) is 0 Å². The van der Waals surface area contributed by atoms with E-state index in [1.807, 2.05) is 6.92 Å². The normalized spacial score (nSPS) is 15.8. The number of carbonyl (C=O) groups is 3. The van der Waals surface area contributed by atoms with Crippen LogP contribution >= 0.6 is 11.8 Å². The number of aliphatic carboxylic acids is 1. The lowest BCUT2D eigenvalue weighted by molar-refractivity contribution is -0.139. The monoisotopic (exact) mass is 314 g/mol. The predicted molar refractivity (Wildman–Crippen MR) is 81.9 cm³/mol. The van der Waals surface area contributed by atoms with E-state index in [-0.39, 0.29) is 17.4 Å². The standard InChI is InChI=1S/C14H22N2O4S/c1-2-16(11-6-4-3-5-7-11)13(18)9-21-8-12(14(19)20)15-10-17/h6,10,12H,2-5,7-9H2,1H3,(H,15,17)(H,19,20). The largest absolute Gasteiger partial charge is 0.480 e. The van der Waals surface area contributed by atoms with Crippen molar-refractivity contribution in [3.63, 3.8) is 0 Å². The average molecular weight is 314 g/mol. The average Bonchev–Trinajstić information content (AvgIpc) is 2.48. The minimum absolute atomic E-state index is 0.00843. The molecule has 0 heterocycles. The van der Waals surface area contributed by atoms with E-state index in [0.29, 0.717) is 13.0 Å². The molecule has 0 saturated carbocycles. The van der Waals surface area contributed by atoms with Gasteiger partial charge in [0.1, 0.15) is 6.04 Å². The van der Waals surface area contributed by atoms with Crippen LogP contribution in [0.15, 0.2) is 11.8 Å². The van der Waals surface area contributed by atoms with E-state index in [1.54, 1.807) is 4.90 Å². The van der Waals surface area contributed by atoms with E-state index < -0.39 is 12.0 Å². The summed E-state index contributed by atoms with van der Waals surface area (Å²) in [4.78, 5) is 35.2. The van der Waals surface area contributed by atoms with Crippen LogP contribution in [0.1, 0.15) is 32.6 Å². The molecule has 21 heavy (non-hydrogen) atoms. The fourth-order valence-electron chi connectivity index (χ4n) is 2.22. The zero-order valence-electron chi connectivity index (χ0n) is 12.2. The van der Waals surface area contributed by atoms with Crippen LogP contribution in [0.5, 0.6) is 0 Å². The van der Waals surface area contributed by atoms with Crippen LogP contribution in [0.2, 0.25) is 0 Å². The molecular weight excluding hydrogens is 292 g/mol. The Morgan fingerprint density at radius 1 is 1.52 bits per heavy atom. The Morgan fingerprint density at radius 3 is 2.81 bits per heavy atom. The third-order valence-electron chi connectivity index (χ3n) is 3.31. The van der Waals surface area contributed by atoms with Gasteiger partial charge in [0.05, 0.1) is 5.75 Å². The van der Waals surface area contributed by atoms with Crippen molar-refractivity contribution in [2.24, 2.45) is 0 Å². The molecular formula is C14H22N2O4S. The van der Waals surface area contributed by atoms with Crippen molar-refractivity contribution in [3.8, 4) is 0 Å². The predicted octanol–water partition coefficient (Wildman–Crippen LogP) is 1.23. The summed E-state index contributed by atoms with van der Waals surface area (Å²) in [5, 5.41) is 11.1. The van der Waals surface area contributed by atoms with Crippen molar-refractivity contribution in [2.45, 2.75) is 38.6 Å². The molecule has 0 aromatic heterocycles. The molecule has 118 valence electrons. The quantitative estimate of drug-likeness (QED) is 0.625. The summed E-state index contributed by atoms with van der Waals surface area (Å²) < 4.78 is 0. The smallest absolute Gasteiger partial charge is 0.327 e. The highest BCUT2D eigenvalue weighted by Gasteiger charge is 2.20. The summed E-state index contributed by atoms with van der Waals surface area (Å²) in [6.07, 6.45) is 6.69. The maximum atomic E-state index is 12.2. The van der Waals surface area contributed by atoms with Gasteiger partial charge >= 0.3 is 5.97 Å². The van der Waals surface area contributed by atoms with Crippen molar-refractivity contribution in [3.05, 3.63) is 11.8 Å². The second-order valence-electron chi connectivity index (χ2n) is 4.77. The van der Waals surface area contributed by atoms with Gasteiger partial charge in [-0.2, -0.15) is 0 Å². The minimum atomic E-state index is -1.09. The number of thioether (sulfide) groups is 1. The number of amides is 2. The van der Waals surface area contributed by atoms with Gasteiger partial charge in [0.25, 0.3) is 0 Å². The van der Waals surface area contributed by atoms with Crippen LogP contribution in [0.25, 0.3) is 0 Å². The lowest BCUT2D eigenvalue weighted by Gasteiger charge is -2.26. The number of nitrogens with one attached hydrogen (secondary N) is 1. The molecule has 1 atom stereocenters. The first-order valence-corrected chi connectivity index (χ1v) is 8.25. The van der Waals surface area contributed by atoms with Crippen LogP contribution in [-0.4, -0.2) is 52.4 Å². The number of carbonyl (C=O) groups excluding carboxylic acids is 2. The molecule has 0 fully saturated rings. The van der Waals surface area contributed by atoms with Gasteiger partial charge in [-0.05, 0) is 32.6 Å². The highest BCUT2D eigenvalue weighted by atomic mass is 32.2. The van der Waals surface area contributed by atoms with Crippen molar-refractivity contribution >= 4 is 30.0 Å². The molecule has 7 heteroatoms. The van der Waals surface area contributed by atoms with Crippen LogP contribution in [0.3, 0.4) is 0 Å². The molecule has 1 rings (SSSR count). The zero-order chi connectivity index (χ0) is 15.7. The molecule has 0 bridgehead atoms. The maximum Gasteiger partial charge on any atom is 0.327 e. The first kappa shape index (κ1) is 17.6. The second kappa shape index (κ2) is 9.44. The van der Waals surface area contributed by atoms with Gasteiger partial charge in [0, 0.05) is 18.0 Å². The molecule has 1 aliphatic rings. The van der Waals surface area contributed by atoms with Crippen LogP contribution in [0, 0.1) is 0 Å². The molecule has 2 amide bonds. The fourth-order valence-corrected chi connectivity index (χ4v) is 3.14. The lowest BCUT2D eigenvalue weighted by Crippen LogP contribution is -2.38. The Bertz CT molecular complexity index is 412. The first-order chi connectivity index (χ1) is 10.1. The molecule has 0 aromatic carbocycles. The first-order valence-electron chi connectivity index (χ1n) is 7.09. The summed E-state index contributed by atoms with van der Waals surface area (Å²) in [6, 6.07) is -0.954. The maximum absolute atomic E-state index is 12.2. The van der Waals surface area contributed by atoms with E-state index in [4.69, 9.17) is 5.11 Å². The summed E-state index contributed by atoms with van der Waals surface area (Å²) in [5.41, 5.74) is 1.08. The number of carboxylic acids is 1. The van der Waals surface area contributed by atoms with Gasteiger partial charge in [-0.25, -0.2) is 4.79 Å². The number of rotatable bonds is 9. The van der Waals surface area contributed by atoms with Crippen molar-refractivity contribution in [2.75, 3.05) is 18.1 Å². The van der Waals surface area contributed by atoms with Crippen LogP contribution in [-0.2, 0) is 14.4 Å². The molecule has 1 aliphatic carbocycles. The van der Waals surface area contributed by atoms with E-state index in [9.17, 15) is 14.4 Å². The minimum Gasteiger partial charge on any atom is -0.480 e. The third-order valence-corrected chi connectivity index (χ3v) is 4.33. The SMILES string of the molecule is CCN(C(=O)CSCC(NC=O)C(=O)O)C1=CCCCC1. The summed E-state index contributed by atoms with van der Waals surface area (Å²) in [5.74, 6) is -0.707. The van der Waals surface area contributed by atoms with Crippen molar-refractivity contribution in [1.82, 2.24) is 10.2 Å². The lowest BCUT2D eigenvalue weighted by atomic mass is 10.0. The molecule has 1 unspecified atom stereocenters. The van der Waals surface area contributed by atoms with Gasteiger partial charge in [-0.15, -0.1) is 11.8 Å². The summed E-state index contributed by atoms with van der Waals surface area (Å²) in [6.45, 7) is 2.56. The zero-order valence-corrected chi connectivity index (χ0v) is 13.0. The molecule has 0 radical (unpaired) electrons. The van der Waals surface area contributed by atoms with Crippen molar-refractivity contribution < 1.29 is 19.5 Å². The number of allylic oxidation sites excluding steroid dienone is 2. The van der Waals surface area contributed by atoms with Gasteiger partial charge < -0.3 is 15.3 Å².